The van der Waals surface area contributed by atoms with Gasteiger partial charge >= 0.3 is 0 Å². The van der Waals surface area contributed by atoms with Gasteiger partial charge in [-0.3, -0.25) is 14.6 Å². The van der Waals surface area contributed by atoms with Gasteiger partial charge in [0.2, 0.25) is 5.91 Å². The van der Waals surface area contributed by atoms with Crippen LogP contribution in [0.5, 0.6) is 11.5 Å². The van der Waals surface area contributed by atoms with Crippen molar-refractivity contribution >= 4 is 11.7 Å². The van der Waals surface area contributed by atoms with E-state index in [1.165, 1.54) is 12.1 Å². The van der Waals surface area contributed by atoms with E-state index < -0.39 is 0 Å². The number of hydrogen-bond donors (Lipinski definition) is 1. The molecule has 6 nitrogen and oxygen atoms in total. The van der Waals surface area contributed by atoms with Gasteiger partial charge in [0.25, 0.3) is 0 Å². The molecule has 0 fully saturated rings. The Bertz CT molecular complexity index is 1120. The lowest BCUT2D eigenvalue weighted by Gasteiger charge is -2.13. The highest BCUT2D eigenvalue weighted by atomic mass is 19.1. The third kappa shape index (κ3) is 4.94. The largest absolute Gasteiger partial charge is 0.497 e. The second kappa shape index (κ2) is 9.60. The molecular weight excluding hydrogens is 411 g/mol. The van der Waals surface area contributed by atoms with E-state index >= 15 is 0 Å². The quantitative estimate of drug-likeness (QED) is 0.543. The molecule has 32 heavy (non-hydrogen) atoms. The molecule has 0 spiro atoms. The normalized spacial score (nSPS) is 14.4. The highest BCUT2D eigenvalue weighted by Gasteiger charge is 2.27. The Hall–Kier alpha value is -3.74. The number of Topliss-reactive ketones (excluding diaryl/α,β-unsaturated/α-hetero) is 1. The second-order valence-electron chi connectivity index (χ2n) is 7.56. The fourth-order valence-electron chi connectivity index (χ4n) is 3.69. The molecule has 1 aliphatic rings. The smallest absolute Gasteiger partial charge is 0.220 e. The van der Waals surface area contributed by atoms with Gasteiger partial charge < -0.3 is 14.8 Å². The average molecular weight is 434 g/mol. The molecular formula is C25H23FN2O4. The van der Waals surface area contributed by atoms with Crippen molar-refractivity contribution < 1.29 is 23.5 Å². The van der Waals surface area contributed by atoms with Crippen molar-refractivity contribution in [1.82, 2.24) is 10.3 Å². The number of rotatable bonds is 8. The predicted octanol–water partition coefficient (Wildman–Crippen LogP) is 3.98. The molecule has 1 aromatic heterocycles. The summed E-state index contributed by atoms with van der Waals surface area (Å²) >= 11 is 0. The van der Waals surface area contributed by atoms with E-state index in [4.69, 9.17) is 9.47 Å². The Balaban J connectivity index is 1.30. The Morgan fingerprint density at radius 3 is 2.69 bits per heavy atom. The Kier molecular flexibility index (Phi) is 6.44. The summed E-state index contributed by atoms with van der Waals surface area (Å²) in [5, 5.41) is 2.81. The van der Waals surface area contributed by atoms with E-state index in [2.05, 4.69) is 10.3 Å². The van der Waals surface area contributed by atoms with Gasteiger partial charge in [-0.05, 0) is 48.5 Å². The van der Waals surface area contributed by atoms with E-state index in [1.54, 1.807) is 49.7 Å². The molecule has 0 saturated heterocycles. The maximum absolute atomic E-state index is 14.1. The van der Waals surface area contributed by atoms with Crippen LogP contribution < -0.4 is 14.8 Å². The standard InChI is InChI=1S/C25H23FN2O4/c1-31-19-7-5-16(6-8-19)23(29)9-10-24(30)28-15-20-13-17-12-18(26)14-21(25(17)32-20)22-4-2-3-11-27-22/h2-8,11-12,14,20H,9-10,13,15H2,1H3,(H,28,30)/t20-/m1/s1. The lowest BCUT2D eigenvalue weighted by atomic mass is 10.0. The zero-order valence-electron chi connectivity index (χ0n) is 17.6. The Morgan fingerprint density at radius 2 is 1.97 bits per heavy atom. The monoisotopic (exact) mass is 434 g/mol. The highest BCUT2D eigenvalue weighted by Crippen LogP contribution is 2.38. The molecule has 3 aromatic rings. The van der Waals surface area contributed by atoms with E-state index in [9.17, 15) is 14.0 Å². The second-order valence-corrected chi connectivity index (χ2v) is 7.56. The van der Waals surface area contributed by atoms with Gasteiger partial charge in [-0.15, -0.1) is 0 Å². The first-order chi connectivity index (χ1) is 15.5. The molecule has 0 bridgehead atoms. The number of carbonyl (C=O) groups excluding carboxylic acids is 2. The minimum Gasteiger partial charge on any atom is -0.497 e. The number of fused-ring (bicyclic) bond motifs is 1. The van der Waals surface area contributed by atoms with Crippen LogP contribution in [0.3, 0.4) is 0 Å². The van der Waals surface area contributed by atoms with Gasteiger partial charge in [0.05, 0.1) is 19.3 Å². The summed E-state index contributed by atoms with van der Waals surface area (Å²) in [4.78, 5) is 28.8. The molecule has 1 N–H and O–H groups in total. The molecule has 0 saturated carbocycles. The van der Waals surface area contributed by atoms with E-state index in [0.29, 0.717) is 34.7 Å². The van der Waals surface area contributed by atoms with Crippen molar-refractivity contribution in [2.45, 2.75) is 25.4 Å². The Morgan fingerprint density at radius 1 is 1.16 bits per heavy atom. The molecule has 2 aromatic carbocycles. The van der Waals surface area contributed by atoms with Gasteiger partial charge in [-0.25, -0.2) is 4.39 Å². The number of nitrogens with one attached hydrogen (secondary N) is 1. The summed E-state index contributed by atoms with van der Waals surface area (Å²) in [6.45, 7) is 0.271. The van der Waals surface area contributed by atoms with Crippen molar-refractivity contribution in [3.8, 4) is 22.8 Å². The topological polar surface area (TPSA) is 77.5 Å². The van der Waals surface area contributed by atoms with E-state index in [0.717, 1.165) is 5.56 Å². The Labute approximate surface area is 185 Å². The van der Waals surface area contributed by atoms with Crippen LogP contribution in [0.15, 0.2) is 60.8 Å². The van der Waals surface area contributed by atoms with Crippen LogP contribution in [-0.2, 0) is 11.2 Å². The van der Waals surface area contributed by atoms with Gasteiger partial charge in [-0.1, -0.05) is 6.07 Å². The molecule has 0 aliphatic carbocycles. The number of nitrogens with zero attached hydrogens (tertiary/aromatic N) is 1. The first-order valence-corrected chi connectivity index (χ1v) is 10.4. The zero-order chi connectivity index (χ0) is 22.5. The number of benzene rings is 2. The summed E-state index contributed by atoms with van der Waals surface area (Å²) in [7, 11) is 1.56. The third-order valence-corrected chi connectivity index (χ3v) is 5.32. The molecule has 2 heterocycles. The summed E-state index contributed by atoms with van der Waals surface area (Å²) in [6.07, 6.45) is 2.01. The lowest BCUT2D eigenvalue weighted by molar-refractivity contribution is -0.121. The van der Waals surface area contributed by atoms with Crippen LogP contribution in [0.25, 0.3) is 11.3 Å². The minimum absolute atomic E-state index is 0.0817. The summed E-state index contributed by atoms with van der Waals surface area (Å²) in [5.74, 6) is 0.571. The van der Waals surface area contributed by atoms with E-state index in [1.807, 2.05) is 6.07 Å². The fraction of sp³-hybridized carbons (Fsp3) is 0.240. The zero-order valence-corrected chi connectivity index (χ0v) is 17.6. The van der Waals surface area contributed by atoms with Crippen molar-refractivity contribution in [2.24, 2.45) is 0 Å². The molecule has 1 amide bonds. The maximum Gasteiger partial charge on any atom is 0.220 e. The number of methoxy groups -OCH3 is 1. The fourth-order valence-corrected chi connectivity index (χ4v) is 3.69. The molecule has 1 atom stereocenters. The van der Waals surface area contributed by atoms with Gasteiger partial charge in [0.1, 0.15) is 23.4 Å². The molecule has 1 aliphatic heterocycles. The molecule has 7 heteroatoms. The maximum atomic E-state index is 14.1. The van der Waals surface area contributed by atoms with Crippen LogP contribution in [0.2, 0.25) is 0 Å². The molecule has 164 valence electrons. The predicted molar refractivity (Wildman–Crippen MR) is 117 cm³/mol. The van der Waals surface area contributed by atoms with Gasteiger partial charge in [-0.2, -0.15) is 0 Å². The summed E-state index contributed by atoms with van der Waals surface area (Å²) in [5.41, 5.74) is 2.52. The van der Waals surface area contributed by atoms with Crippen LogP contribution >= 0.6 is 0 Å². The van der Waals surface area contributed by atoms with Crippen molar-refractivity contribution in [1.29, 1.82) is 0 Å². The first-order valence-electron chi connectivity index (χ1n) is 10.4. The number of amides is 1. The average Bonchev–Trinajstić information content (AvgIpc) is 3.24. The van der Waals surface area contributed by atoms with Gasteiger partial charge in [0.15, 0.2) is 5.78 Å². The van der Waals surface area contributed by atoms with Crippen molar-refractivity contribution in [2.75, 3.05) is 13.7 Å². The summed E-state index contributed by atoms with van der Waals surface area (Å²) in [6, 6.07) is 15.1. The summed E-state index contributed by atoms with van der Waals surface area (Å²) < 4.78 is 25.2. The first kappa shape index (κ1) is 21.5. The molecule has 0 unspecified atom stereocenters. The van der Waals surface area contributed by atoms with Crippen LogP contribution in [0.1, 0.15) is 28.8 Å². The lowest BCUT2D eigenvalue weighted by Crippen LogP contribution is -2.34. The number of carbonyl (C=O) groups is 2. The number of ether oxygens (including phenoxy) is 2. The number of aromatic nitrogens is 1. The van der Waals surface area contributed by atoms with E-state index in [-0.39, 0.29) is 43.0 Å². The van der Waals surface area contributed by atoms with Crippen LogP contribution in [0.4, 0.5) is 4.39 Å². The molecule has 4 rings (SSSR count). The minimum atomic E-state index is -0.352. The van der Waals surface area contributed by atoms with Gasteiger partial charge in [0, 0.05) is 42.1 Å². The van der Waals surface area contributed by atoms with Crippen molar-refractivity contribution in [3.63, 3.8) is 0 Å². The third-order valence-electron chi connectivity index (χ3n) is 5.32. The number of hydrogen-bond acceptors (Lipinski definition) is 5. The van der Waals surface area contributed by atoms with Crippen LogP contribution in [0, 0.1) is 5.82 Å². The SMILES string of the molecule is COc1ccc(C(=O)CCC(=O)NC[C@H]2Cc3cc(F)cc(-c4ccccn4)c3O2)cc1. The number of pyridine rings is 1. The van der Waals surface area contributed by atoms with Crippen LogP contribution in [-0.4, -0.2) is 36.4 Å². The molecule has 0 radical (unpaired) electrons. The highest BCUT2D eigenvalue weighted by molar-refractivity contribution is 5.98. The van der Waals surface area contributed by atoms with Crippen molar-refractivity contribution in [3.05, 3.63) is 77.7 Å². The number of ketones is 1. The number of halogens is 1.